The molecule has 6 nitrogen and oxygen atoms in total. The highest BCUT2D eigenvalue weighted by molar-refractivity contribution is 6.42. The van der Waals surface area contributed by atoms with Crippen molar-refractivity contribution in [2.24, 2.45) is 0 Å². The molecule has 0 aliphatic carbocycles. The zero-order valence-corrected chi connectivity index (χ0v) is 16.5. The summed E-state index contributed by atoms with van der Waals surface area (Å²) >= 11 is 11.9. The van der Waals surface area contributed by atoms with Crippen molar-refractivity contribution in [1.82, 2.24) is 9.55 Å². The second-order valence-electron chi connectivity index (χ2n) is 6.19. The van der Waals surface area contributed by atoms with Gasteiger partial charge in [-0.1, -0.05) is 35.3 Å². The first-order valence-corrected chi connectivity index (χ1v) is 9.45. The van der Waals surface area contributed by atoms with E-state index in [4.69, 9.17) is 32.4 Å². The van der Waals surface area contributed by atoms with E-state index in [-0.39, 0.29) is 24.5 Å². The Morgan fingerprint density at radius 3 is 2.72 bits per heavy atom. The van der Waals surface area contributed by atoms with Gasteiger partial charge in [-0.3, -0.25) is 9.36 Å². The normalized spacial score (nSPS) is 11.0. The number of para-hydroxylation sites is 1. The fourth-order valence-corrected chi connectivity index (χ4v) is 3.12. The van der Waals surface area contributed by atoms with E-state index >= 15 is 0 Å². The van der Waals surface area contributed by atoms with Gasteiger partial charge in [0.1, 0.15) is 12.4 Å². The third-order valence-electron chi connectivity index (χ3n) is 4.31. The maximum absolute atomic E-state index is 12.4. The van der Waals surface area contributed by atoms with Gasteiger partial charge in [0.15, 0.2) is 0 Å². The number of esters is 1. The first-order chi connectivity index (χ1) is 14.0. The van der Waals surface area contributed by atoms with Crippen molar-refractivity contribution in [3.63, 3.8) is 0 Å². The Balaban J connectivity index is 1.42. The zero-order valence-electron chi connectivity index (χ0n) is 15.0. The molecule has 4 rings (SSSR count). The zero-order chi connectivity index (χ0) is 20.4. The molecule has 0 amide bonds. The van der Waals surface area contributed by atoms with Gasteiger partial charge in [-0.2, -0.15) is 0 Å². The van der Waals surface area contributed by atoms with Crippen LogP contribution in [0.3, 0.4) is 0 Å². The largest absolute Gasteiger partial charge is 0.458 e. The Morgan fingerprint density at radius 2 is 1.90 bits per heavy atom. The average molecular weight is 429 g/mol. The predicted octanol–water partition coefficient (Wildman–Crippen LogP) is 4.82. The first-order valence-electron chi connectivity index (χ1n) is 8.69. The third-order valence-corrected chi connectivity index (χ3v) is 5.05. The number of hydrogen-bond donors (Lipinski definition) is 0. The summed E-state index contributed by atoms with van der Waals surface area (Å²) in [4.78, 5) is 28.9. The van der Waals surface area contributed by atoms with Crippen LogP contribution in [0.25, 0.3) is 22.2 Å². The van der Waals surface area contributed by atoms with E-state index in [2.05, 4.69) is 4.98 Å². The number of halogens is 2. The van der Waals surface area contributed by atoms with E-state index in [9.17, 15) is 9.59 Å². The summed E-state index contributed by atoms with van der Waals surface area (Å²) in [5.41, 5.74) is 1.12. The minimum atomic E-state index is -0.627. The van der Waals surface area contributed by atoms with E-state index in [1.54, 1.807) is 42.5 Å². The Labute approximate surface area is 175 Å². The number of aromatic nitrogens is 2. The molecule has 0 saturated heterocycles. The molecule has 0 fully saturated rings. The smallest absolute Gasteiger partial charge is 0.374 e. The second-order valence-corrected chi connectivity index (χ2v) is 7.00. The van der Waals surface area contributed by atoms with Crippen molar-refractivity contribution in [1.29, 1.82) is 0 Å². The van der Waals surface area contributed by atoms with Crippen LogP contribution >= 0.6 is 23.2 Å². The van der Waals surface area contributed by atoms with Gasteiger partial charge in [0, 0.05) is 5.56 Å². The highest BCUT2D eigenvalue weighted by Gasteiger charge is 2.14. The van der Waals surface area contributed by atoms with E-state index < -0.39 is 5.97 Å². The lowest BCUT2D eigenvalue weighted by Crippen LogP contribution is -2.23. The Kier molecular flexibility index (Phi) is 5.38. The first kappa shape index (κ1) is 19.2. The minimum absolute atomic E-state index is 0.00155. The lowest BCUT2D eigenvalue weighted by Gasteiger charge is -2.07. The Hall–Kier alpha value is -3.09. The number of carbonyl (C=O) groups is 1. The number of rotatable bonds is 5. The fraction of sp³-hybridized carbons (Fsp3) is 0.0952. The summed E-state index contributed by atoms with van der Waals surface area (Å²) in [6.45, 7) is 0.185. The van der Waals surface area contributed by atoms with Crippen LogP contribution in [0.1, 0.15) is 10.6 Å². The lowest BCUT2D eigenvalue weighted by molar-refractivity contribution is 0.0455. The molecule has 4 aromatic rings. The second kappa shape index (κ2) is 8.11. The van der Waals surface area contributed by atoms with E-state index in [0.717, 1.165) is 0 Å². The van der Waals surface area contributed by atoms with Crippen LogP contribution in [-0.4, -0.2) is 22.1 Å². The molecule has 0 bridgehead atoms. The average Bonchev–Trinajstić information content (AvgIpc) is 3.22. The van der Waals surface area contributed by atoms with Crippen molar-refractivity contribution in [2.45, 2.75) is 6.54 Å². The monoisotopic (exact) mass is 428 g/mol. The summed E-state index contributed by atoms with van der Waals surface area (Å²) in [6.07, 6.45) is 1.44. The van der Waals surface area contributed by atoms with E-state index in [1.165, 1.54) is 17.0 Å². The molecule has 2 aromatic carbocycles. The van der Waals surface area contributed by atoms with Crippen molar-refractivity contribution < 1.29 is 13.9 Å². The summed E-state index contributed by atoms with van der Waals surface area (Å²) < 4.78 is 12.2. The van der Waals surface area contributed by atoms with Gasteiger partial charge in [0.25, 0.3) is 5.56 Å². The molecule has 2 heterocycles. The quantitative estimate of drug-likeness (QED) is 0.426. The number of fused-ring (bicyclic) bond motifs is 1. The standard InChI is InChI=1S/C21H14Cl2N2O4/c22-15-6-5-13(11-16(15)23)18-7-8-19(29-18)21(27)28-10-9-25-12-24-17-4-2-1-3-14(17)20(25)26/h1-8,11-12H,9-10H2. The molecular formula is C21H14Cl2N2O4. The fourth-order valence-electron chi connectivity index (χ4n) is 2.83. The van der Waals surface area contributed by atoms with Crippen LogP contribution in [0.15, 0.2) is 70.1 Å². The van der Waals surface area contributed by atoms with E-state index in [0.29, 0.717) is 32.3 Å². The van der Waals surface area contributed by atoms with Crippen molar-refractivity contribution >= 4 is 40.1 Å². The number of ether oxygens (including phenoxy) is 1. The number of furan rings is 1. The Morgan fingerprint density at radius 1 is 1.07 bits per heavy atom. The van der Waals surface area contributed by atoms with Gasteiger partial charge in [-0.05, 0) is 42.5 Å². The highest BCUT2D eigenvalue weighted by Crippen LogP contribution is 2.29. The molecule has 0 saturated carbocycles. The lowest BCUT2D eigenvalue weighted by atomic mass is 10.2. The van der Waals surface area contributed by atoms with Gasteiger partial charge in [-0.15, -0.1) is 0 Å². The molecule has 0 N–H and O–H groups in total. The highest BCUT2D eigenvalue weighted by atomic mass is 35.5. The van der Waals surface area contributed by atoms with Crippen molar-refractivity contribution in [2.75, 3.05) is 6.61 Å². The molecule has 0 spiro atoms. The molecule has 2 aromatic heterocycles. The van der Waals surface area contributed by atoms with Crippen LogP contribution in [0.4, 0.5) is 0 Å². The molecule has 0 radical (unpaired) electrons. The van der Waals surface area contributed by atoms with Gasteiger partial charge >= 0.3 is 5.97 Å². The molecule has 0 aliphatic rings. The molecule has 8 heteroatoms. The number of carbonyl (C=O) groups excluding carboxylic acids is 1. The Bertz CT molecular complexity index is 1260. The van der Waals surface area contributed by atoms with Crippen LogP contribution in [0, 0.1) is 0 Å². The van der Waals surface area contributed by atoms with Crippen LogP contribution in [-0.2, 0) is 11.3 Å². The van der Waals surface area contributed by atoms with Gasteiger partial charge in [0.2, 0.25) is 5.76 Å². The number of benzene rings is 2. The summed E-state index contributed by atoms with van der Waals surface area (Å²) in [6, 6.07) is 15.3. The van der Waals surface area contributed by atoms with Crippen molar-refractivity contribution in [3.8, 4) is 11.3 Å². The molecule has 0 atom stereocenters. The molecule has 0 aliphatic heterocycles. The van der Waals surface area contributed by atoms with Crippen LogP contribution in [0.2, 0.25) is 10.0 Å². The molecule has 29 heavy (non-hydrogen) atoms. The van der Waals surface area contributed by atoms with Gasteiger partial charge < -0.3 is 9.15 Å². The summed E-state index contributed by atoms with van der Waals surface area (Å²) in [7, 11) is 0. The minimum Gasteiger partial charge on any atom is -0.458 e. The van der Waals surface area contributed by atoms with Crippen molar-refractivity contribution in [3.05, 3.63) is 87.1 Å². The number of nitrogens with zero attached hydrogens (tertiary/aromatic N) is 2. The van der Waals surface area contributed by atoms with Crippen LogP contribution < -0.4 is 5.56 Å². The molecule has 0 unspecified atom stereocenters. The van der Waals surface area contributed by atoms with E-state index in [1.807, 2.05) is 6.07 Å². The van der Waals surface area contributed by atoms with Gasteiger partial charge in [0.05, 0.1) is 33.8 Å². The van der Waals surface area contributed by atoms with Crippen LogP contribution in [0.5, 0.6) is 0 Å². The molecule has 146 valence electrons. The predicted molar refractivity (Wildman–Crippen MR) is 110 cm³/mol. The maximum Gasteiger partial charge on any atom is 0.374 e. The topological polar surface area (TPSA) is 74.3 Å². The summed E-state index contributed by atoms with van der Waals surface area (Å²) in [5.74, 6) is -0.112. The maximum atomic E-state index is 12.4. The molecular weight excluding hydrogens is 415 g/mol. The SMILES string of the molecule is O=C(OCCn1cnc2ccccc2c1=O)c1ccc(-c2ccc(Cl)c(Cl)c2)o1. The number of hydrogen-bond acceptors (Lipinski definition) is 5. The third kappa shape index (κ3) is 4.04. The summed E-state index contributed by atoms with van der Waals surface area (Å²) in [5, 5.41) is 1.33. The van der Waals surface area contributed by atoms with Gasteiger partial charge in [-0.25, -0.2) is 9.78 Å².